The maximum atomic E-state index is 7.48. The molecule has 0 bridgehead atoms. The molecule has 64 heavy (non-hydrogen) atoms. The van der Waals surface area contributed by atoms with Gasteiger partial charge >= 0.3 is 0 Å². The number of benzene rings is 10. The van der Waals surface area contributed by atoms with Crippen molar-refractivity contribution in [2.45, 2.75) is 5.41 Å². The Morgan fingerprint density at radius 1 is 0.297 bits per heavy atom. The smallest absolute Gasteiger partial charge is 0.194 e. The summed E-state index contributed by atoms with van der Waals surface area (Å²) in [4.78, 5) is 2.33. The number of hydrogen-bond acceptors (Lipinski definition) is 3. The van der Waals surface area contributed by atoms with Gasteiger partial charge in [-0.3, -0.25) is 0 Å². The Morgan fingerprint density at radius 3 is 1.47 bits per heavy atom. The van der Waals surface area contributed by atoms with Gasteiger partial charge in [0.05, 0.1) is 16.8 Å². The third-order valence-electron chi connectivity index (χ3n) is 13.4. The molecule has 3 aliphatic rings. The largest absolute Gasteiger partial charge is 0.449 e. The van der Waals surface area contributed by atoms with Crippen LogP contribution in [-0.4, -0.2) is 0 Å². The highest BCUT2D eigenvalue weighted by Gasteiger charge is 2.53. The van der Waals surface area contributed by atoms with Crippen molar-refractivity contribution < 1.29 is 9.47 Å². The third kappa shape index (κ3) is 5.34. The Morgan fingerprint density at radius 2 is 0.812 bits per heavy atom. The number of rotatable bonds is 6. The van der Waals surface area contributed by atoms with Crippen LogP contribution in [0.25, 0.3) is 55.6 Å². The summed E-state index contributed by atoms with van der Waals surface area (Å²) in [7, 11) is 0. The minimum atomic E-state index is -0.505. The average molecular weight is 818 g/mol. The van der Waals surface area contributed by atoms with Crippen molar-refractivity contribution in [1.82, 2.24) is 0 Å². The molecule has 2 aliphatic carbocycles. The van der Waals surface area contributed by atoms with E-state index in [-0.39, 0.29) is 0 Å². The summed E-state index contributed by atoms with van der Waals surface area (Å²) in [5.74, 6) is 2.75. The van der Waals surface area contributed by atoms with E-state index in [2.05, 4.69) is 235 Å². The highest BCUT2D eigenvalue weighted by molar-refractivity contribution is 5.99. The van der Waals surface area contributed by atoms with Crippen molar-refractivity contribution >= 4 is 17.1 Å². The molecule has 0 radical (unpaired) electrons. The lowest BCUT2D eigenvalue weighted by Crippen LogP contribution is -2.25. The van der Waals surface area contributed by atoms with Gasteiger partial charge < -0.3 is 14.4 Å². The second-order valence-electron chi connectivity index (χ2n) is 16.7. The first-order chi connectivity index (χ1) is 31.8. The van der Waals surface area contributed by atoms with Gasteiger partial charge in [-0.25, -0.2) is 0 Å². The molecular formula is C61H39NO2. The molecule has 0 fully saturated rings. The van der Waals surface area contributed by atoms with Crippen molar-refractivity contribution in [2.24, 2.45) is 0 Å². The SMILES string of the molecule is c1ccc(-c2ccc(N(c3ccc(-c4ccccc4)cc3-c3ccccc3)c3cccc4c3Oc3c(ccc5c3-c3ccccc3C53c5ccccc5-c5ccccc53)O4)cc2)cc1. The molecule has 300 valence electrons. The lowest BCUT2D eigenvalue weighted by atomic mass is 9.70. The van der Waals surface area contributed by atoms with Crippen molar-refractivity contribution in [3.8, 4) is 78.6 Å². The van der Waals surface area contributed by atoms with Gasteiger partial charge in [0.1, 0.15) is 0 Å². The summed E-state index contributed by atoms with van der Waals surface area (Å²) in [5.41, 5.74) is 19.0. The van der Waals surface area contributed by atoms with Crippen LogP contribution >= 0.6 is 0 Å². The fourth-order valence-electron chi connectivity index (χ4n) is 10.6. The van der Waals surface area contributed by atoms with Crippen LogP contribution in [0, 0.1) is 0 Å². The Kier molecular flexibility index (Phi) is 8.13. The van der Waals surface area contributed by atoms with Gasteiger partial charge in [-0.05, 0) is 109 Å². The van der Waals surface area contributed by atoms with Gasteiger partial charge in [0.15, 0.2) is 23.0 Å². The zero-order valence-corrected chi connectivity index (χ0v) is 34.8. The predicted octanol–water partition coefficient (Wildman–Crippen LogP) is 16.4. The summed E-state index contributed by atoms with van der Waals surface area (Å²) in [6.07, 6.45) is 0. The van der Waals surface area contributed by atoms with E-state index in [0.29, 0.717) is 17.2 Å². The summed E-state index contributed by atoms with van der Waals surface area (Å²) in [6, 6.07) is 84.7. The Balaban J connectivity index is 1.03. The molecule has 0 atom stereocenters. The Hall–Kier alpha value is -8.40. The maximum absolute atomic E-state index is 7.48. The van der Waals surface area contributed by atoms with Crippen LogP contribution in [0.15, 0.2) is 237 Å². The molecule has 0 aromatic heterocycles. The molecule has 1 spiro atoms. The molecule has 10 aromatic carbocycles. The van der Waals surface area contributed by atoms with E-state index in [1.165, 1.54) is 38.9 Å². The highest BCUT2D eigenvalue weighted by Crippen LogP contribution is 2.67. The molecule has 0 unspecified atom stereocenters. The second kappa shape index (κ2) is 14.3. The minimum Gasteiger partial charge on any atom is -0.449 e. The van der Waals surface area contributed by atoms with E-state index in [1.807, 2.05) is 6.07 Å². The van der Waals surface area contributed by atoms with E-state index >= 15 is 0 Å². The summed E-state index contributed by atoms with van der Waals surface area (Å²) < 4.78 is 14.5. The van der Waals surface area contributed by atoms with E-state index in [4.69, 9.17) is 9.47 Å². The van der Waals surface area contributed by atoms with Crippen LogP contribution < -0.4 is 14.4 Å². The standard InChI is InChI=1S/C61H39NO2/c1-4-17-40(18-5-1)42-31-34-45(35-32-42)62(54-37-33-44(41-19-6-2-7-20-41)39-49(54)43-21-8-3-9-22-43)55-29-16-30-56-59(55)64-60-57(63-56)38-36-53-58(60)48-25-12-15-28-52(48)61(53)50-26-13-10-23-46(50)47-24-11-14-27-51(47)61/h1-39H. The molecule has 0 saturated carbocycles. The van der Waals surface area contributed by atoms with E-state index in [9.17, 15) is 0 Å². The fraction of sp³-hybridized carbons (Fsp3) is 0.0164. The fourth-order valence-corrected chi connectivity index (χ4v) is 10.6. The molecule has 3 nitrogen and oxygen atoms in total. The zero-order valence-electron chi connectivity index (χ0n) is 34.8. The lowest BCUT2D eigenvalue weighted by molar-refractivity contribution is 0.361. The molecule has 10 aromatic rings. The van der Waals surface area contributed by atoms with Crippen LogP contribution in [0.4, 0.5) is 17.1 Å². The van der Waals surface area contributed by atoms with Crippen molar-refractivity contribution in [3.63, 3.8) is 0 Å². The Bertz CT molecular complexity index is 3390. The highest BCUT2D eigenvalue weighted by atomic mass is 16.6. The Labute approximate surface area is 372 Å². The summed E-state index contributed by atoms with van der Waals surface area (Å²) in [6.45, 7) is 0. The maximum Gasteiger partial charge on any atom is 0.194 e. The normalized spacial score (nSPS) is 13.1. The first kappa shape index (κ1) is 36.3. The predicted molar refractivity (Wildman–Crippen MR) is 260 cm³/mol. The first-order valence-corrected chi connectivity index (χ1v) is 21.9. The number of hydrogen-bond donors (Lipinski definition) is 0. The second-order valence-corrected chi connectivity index (χ2v) is 16.7. The topological polar surface area (TPSA) is 21.7 Å². The summed E-state index contributed by atoms with van der Waals surface area (Å²) >= 11 is 0. The summed E-state index contributed by atoms with van der Waals surface area (Å²) in [5, 5.41) is 0. The van der Waals surface area contributed by atoms with Crippen LogP contribution in [0.1, 0.15) is 22.3 Å². The molecule has 0 N–H and O–H groups in total. The van der Waals surface area contributed by atoms with Gasteiger partial charge in [0.25, 0.3) is 0 Å². The number of fused-ring (bicyclic) bond motifs is 13. The van der Waals surface area contributed by atoms with Gasteiger partial charge in [0.2, 0.25) is 0 Å². The zero-order chi connectivity index (χ0) is 42.2. The van der Waals surface area contributed by atoms with Gasteiger partial charge in [-0.1, -0.05) is 194 Å². The van der Waals surface area contributed by atoms with Crippen LogP contribution in [0.2, 0.25) is 0 Å². The van der Waals surface area contributed by atoms with Crippen LogP contribution in [0.3, 0.4) is 0 Å². The number of nitrogens with zero attached hydrogens (tertiary/aromatic N) is 1. The van der Waals surface area contributed by atoms with E-state index in [0.717, 1.165) is 61.8 Å². The monoisotopic (exact) mass is 817 g/mol. The van der Waals surface area contributed by atoms with Crippen molar-refractivity contribution in [2.75, 3.05) is 4.90 Å². The molecule has 0 amide bonds. The minimum absolute atomic E-state index is 0.505. The van der Waals surface area contributed by atoms with Crippen LogP contribution in [0.5, 0.6) is 23.0 Å². The molecule has 3 heteroatoms. The van der Waals surface area contributed by atoms with Crippen molar-refractivity contribution in [1.29, 1.82) is 0 Å². The van der Waals surface area contributed by atoms with Gasteiger partial charge in [0, 0.05) is 16.8 Å². The quantitative estimate of drug-likeness (QED) is 0.167. The number of anilines is 3. The van der Waals surface area contributed by atoms with Crippen LogP contribution in [-0.2, 0) is 5.41 Å². The molecule has 13 rings (SSSR count). The van der Waals surface area contributed by atoms with Crippen molar-refractivity contribution in [3.05, 3.63) is 259 Å². The van der Waals surface area contributed by atoms with E-state index in [1.54, 1.807) is 0 Å². The van der Waals surface area contributed by atoms with Gasteiger partial charge in [-0.15, -0.1) is 0 Å². The average Bonchev–Trinajstić information content (AvgIpc) is 3.85. The molecule has 1 aliphatic heterocycles. The molecule has 0 saturated heterocycles. The van der Waals surface area contributed by atoms with E-state index < -0.39 is 5.41 Å². The number of ether oxygens (including phenoxy) is 2. The third-order valence-corrected chi connectivity index (χ3v) is 13.4. The number of para-hydroxylation sites is 1. The molecule has 1 heterocycles. The molecular weight excluding hydrogens is 779 g/mol. The van der Waals surface area contributed by atoms with Gasteiger partial charge in [-0.2, -0.15) is 0 Å². The first-order valence-electron chi connectivity index (χ1n) is 21.9. The lowest BCUT2D eigenvalue weighted by Gasteiger charge is -2.33.